The number of benzene rings is 1. The Bertz CT molecular complexity index is 543. The number of rotatable bonds is 1. The molecule has 0 spiro atoms. The van der Waals surface area contributed by atoms with Crippen LogP contribution in [0.15, 0.2) is 48.6 Å². The quantitative estimate of drug-likeness (QED) is 0.562. The predicted octanol–water partition coefficient (Wildman–Crippen LogP) is 5.58. The number of allylic oxidation sites excluding steroid dienone is 4. The van der Waals surface area contributed by atoms with Crippen LogP contribution < -0.4 is 0 Å². The van der Waals surface area contributed by atoms with Gasteiger partial charge in [0, 0.05) is 0 Å². The fraction of sp³-hybridized carbons (Fsp3) is 0.235. The Morgan fingerprint density at radius 1 is 1.20 bits per heavy atom. The van der Waals surface area contributed by atoms with Crippen molar-refractivity contribution in [1.82, 2.24) is 0 Å². The fourth-order valence-corrected chi connectivity index (χ4v) is 2.04. The molecule has 3 heteroatoms. The van der Waals surface area contributed by atoms with E-state index in [1.54, 1.807) is 0 Å². The van der Waals surface area contributed by atoms with Crippen LogP contribution in [0.4, 0.5) is 0 Å². The second-order valence-electron chi connectivity index (χ2n) is 4.31. The van der Waals surface area contributed by atoms with Crippen molar-refractivity contribution in [3.63, 3.8) is 0 Å². The summed E-state index contributed by atoms with van der Waals surface area (Å²) in [5, 5.41) is 2.80. The maximum Gasteiger partial charge on any atom is 2.00 e. The van der Waals surface area contributed by atoms with Gasteiger partial charge in [0.25, 0.3) is 0 Å². The summed E-state index contributed by atoms with van der Waals surface area (Å²) < 4.78 is 0. The van der Waals surface area contributed by atoms with E-state index in [4.69, 9.17) is 0 Å². The van der Waals surface area contributed by atoms with E-state index in [1.807, 2.05) is 12.2 Å². The van der Waals surface area contributed by atoms with Crippen molar-refractivity contribution in [3.05, 3.63) is 65.8 Å². The van der Waals surface area contributed by atoms with Crippen LogP contribution in [0.1, 0.15) is 24.5 Å². The van der Waals surface area contributed by atoms with Crippen LogP contribution in [0, 0.1) is 13.0 Å². The molecule has 0 fully saturated rings. The molecule has 1 aliphatic rings. The third-order valence-electron chi connectivity index (χ3n) is 2.98. The van der Waals surface area contributed by atoms with Crippen molar-refractivity contribution in [2.24, 2.45) is 0 Å². The van der Waals surface area contributed by atoms with Gasteiger partial charge in [-0.15, -0.1) is 71.8 Å². The van der Waals surface area contributed by atoms with Gasteiger partial charge < -0.3 is 0 Å². The van der Waals surface area contributed by atoms with E-state index >= 15 is 0 Å². The number of hydrogen-bond acceptors (Lipinski definition) is 0. The molecular weight excluding hydrogens is 366 g/mol. The third kappa shape index (κ3) is 6.04. The molecule has 0 radical (unpaired) electrons. The largest absolute Gasteiger partial charge is 2.00 e. The average Bonchev–Trinajstić information content (AvgIpc) is 3.01. The molecule has 2 aromatic rings. The number of halogens is 2. The molecule has 0 heterocycles. The molecule has 0 amide bonds. The van der Waals surface area contributed by atoms with Gasteiger partial charge in [0.05, 0.1) is 0 Å². The molecule has 0 saturated heterocycles. The Labute approximate surface area is 153 Å². The normalized spacial score (nSPS) is 10.9. The van der Waals surface area contributed by atoms with Gasteiger partial charge in [-0.25, -0.2) is 12.2 Å². The van der Waals surface area contributed by atoms with Gasteiger partial charge in [-0.1, -0.05) is 18.9 Å². The summed E-state index contributed by atoms with van der Waals surface area (Å²) >= 11 is 0. The van der Waals surface area contributed by atoms with Crippen molar-refractivity contribution in [3.8, 4) is 0 Å². The fourth-order valence-electron chi connectivity index (χ4n) is 2.04. The van der Waals surface area contributed by atoms with Crippen LogP contribution in [-0.4, -0.2) is 0 Å². The summed E-state index contributed by atoms with van der Waals surface area (Å²) in [6.07, 6.45) is 11.1. The summed E-state index contributed by atoms with van der Waals surface area (Å²) in [6, 6.07) is 11.1. The summed E-state index contributed by atoms with van der Waals surface area (Å²) in [5.74, 6) is 0. The van der Waals surface area contributed by atoms with Crippen molar-refractivity contribution in [1.29, 1.82) is 0 Å². The molecule has 0 aliphatic heterocycles. The summed E-state index contributed by atoms with van der Waals surface area (Å²) in [6.45, 7) is 4.34. The second kappa shape index (κ2) is 11.4. The SMILES string of the molecule is CC[c-]1ccc2cc(C)ccc21.Cl.Cl.[C-]1=CC=CC1.[Zr+2]. The summed E-state index contributed by atoms with van der Waals surface area (Å²) in [5.41, 5.74) is 2.81. The third-order valence-corrected chi connectivity index (χ3v) is 2.98. The van der Waals surface area contributed by atoms with Crippen LogP contribution in [-0.2, 0) is 32.6 Å². The van der Waals surface area contributed by atoms with Gasteiger partial charge in [0.15, 0.2) is 0 Å². The Balaban J connectivity index is 0. The predicted molar refractivity (Wildman–Crippen MR) is 89.7 cm³/mol. The van der Waals surface area contributed by atoms with E-state index in [-0.39, 0.29) is 51.0 Å². The molecule has 0 bridgehead atoms. The van der Waals surface area contributed by atoms with E-state index in [0.29, 0.717) is 0 Å². The zero-order valence-electron chi connectivity index (χ0n) is 11.8. The zero-order chi connectivity index (χ0) is 12.1. The van der Waals surface area contributed by atoms with Crippen molar-refractivity contribution < 1.29 is 26.2 Å². The van der Waals surface area contributed by atoms with E-state index in [9.17, 15) is 0 Å². The van der Waals surface area contributed by atoms with Crippen molar-refractivity contribution in [2.75, 3.05) is 0 Å². The van der Waals surface area contributed by atoms with Gasteiger partial charge in [0.1, 0.15) is 0 Å². The van der Waals surface area contributed by atoms with Gasteiger partial charge in [-0.2, -0.15) is 12.1 Å². The van der Waals surface area contributed by atoms with E-state index in [2.05, 4.69) is 56.3 Å². The monoisotopic (exact) mass is 384 g/mol. The first-order valence-electron chi connectivity index (χ1n) is 6.18. The Morgan fingerprint density at radius 3 is 2.45 bits per heavy atom. The van der Waals surface area contributed by atoms with E-state index in [0.717, 1.165) is 12.8 Å². The molecule has 20 heavy (non-hydrogen) atoms. The van der Waals surface area contributed by atoms with Gasteiger partial charge in [0.2, 0.25) is 0 Å². The molecule has 0 unspecified atom stereocenters. The molecule has 0 saturated carbocycles. The molecule has 0 N–H and O–H groups in total. The van der Waals surface area contributed by atoms with Crippen LogP contribution >= 0.6 is 24.8 Å². The Morgan fingerprint density at radius 2 is 1.95 bits per heavy atom. The van der Waals surface area contributed by atoms with Gasteiger partial charge >= 0.3 is 26.2 Å². The van der Waals surface area contributed by atoms with Crippen LogP contribution in [0.5, 0.6) is 0 Å². The smallest absolute Gasteiger partial charge is 0.273 e. The standard InChI is InChI=1S/C12H13.C5H5.2ClH.Zr/c1-3-10-5-6-11-8-9(2)4-7-12(10)11;1-2-4-5-3-1;;;/h4-8H,3H2,1-2H3;1-3H,4H2;2*1H;/q2*-1;;;+2. The number of fused-ring (bicyclic) bond motifs is 1. The molecule has 3 rings (SSSR count). The molecule has 0 atom stereocenters. The van der Waals surface area contributed by atoms with Gasteiger partial charge in [-0.3, -0.25) is 6.08 Å². The first-order valence-corrected chi connectivity index (χ1v) is 6.18. The minimum absolute atomic E-state index is 0. The van der Waals surface area contributed by atoms with Crippen LogP contribution in [0.25, 0.3) is 10.8 Å². The maximum absolute atomic E-state index is 2.99. The topological polar surface area (TPSA) is 0 Å². The van der Waals surface area contributed by atoms with Crippen molar-refractivity contribution >= 4 is 35.6 Å². The molecular formula is C17H20Cl2Zr. The minimum atomic E-state index is 0. The summed E-state index contributed by atoms with van der Waals surface area (Å²) in [4.78, 5) is 0. The molecule has 0 nitrogen and oxygen atoms in total. The Kier molecular flexibility index (Phi) is 12.6. The second-order valence-corrected chi connectivity index (χ2v) is 4.31. The molecule has 106 valence electrons. The average molecular weight is 386 g/mol. The maximum atomic E-state index is 2.99. The molecule has 0 aromatic heterocycles. The van der Waals surface area contributed by atoms with Gasteiger partial charge in [-0.05, 0) is 6.92 Å². The first kappa shape index (κ1) is 22.1. The summed E-state index contributed by atoms with van der Waals surface area (Å²) in [7, 11) is 0. The number of hydrogen-bond donors (Lipinski definition) is 0. The van der Waals surface area contributed by atoms with E-state index in [1.165, 1.54) is 21.9 Å². The zero-order valence-corrected chi connectivity index (χ0v) is 15.9. The molecule has 1 aliphatic carbocycles. The Hall–Kier alpha value is -0.227. The first-order chi connectivity index (χ1) is 8.31. The molecule has 2 aromatic carbocycles. The van der Waals surface area contributed by atoms with Crippen molar-refractivity contribution in [2.45, 2.75) is 26.7 Å². The minimum Gasteiger partial charge on any atom is -0.273 e. The van der Waals surface area contributed by atoms with Crippen LogP contribution in [0.3, 0.4) is 0 Å². The van der Waals surface area contributed by atoms with Crippen LogP contribution in [0.2, 0.25) is 0 Å². The van der Waals surface area contributed by atoms with E-state index < -0.39 is 0 Å². The number of aryl methyl sites for hydroxylation is 2.